The van der Waals surface area contributed by atoms with Crippen molar-refractivity contribution in [2.45, 2.75) is 25.3 Å². The van der Waals surface area contributed by atoms with Gasteiger partial charge in [0, 0.05) is 11.6 Å². The zero-order chi connectivity index (χ0) is 24.2. The highest BCUT2D eigenvalue weighted by Gasteiger charge is 2.28. The number of aromatic carboxylic acids is 1. The number of rotatable bonds is 8. The molecule has 33 heavy (non-hydrogen) atoms. The molecule has 0 saturated heterocycles. The van der Waals surface area contributed by atoms with Crippen molar-refractivity contribution in [3.8, 4) is 0 Å². The number of aryl methyl sites for hydroxylation is 1. The quantitative estimate of drug-likeness (QED) is 0.497. The lowest BCUT2D eigenvalue weighted by molar-refractivity contribution is -0.119. The van der Waals surface area contributed by atoms with Crippen molar-refractivity contribution in [3.05, 3.63) is 94.0 Å². The minimum Gasteiger partial charge on any atom is -0.478 e. The van der Waals surface area contributed by atoms with Crippen LogP contribution in [-0.4, -0.2) is 31.9 Å². The van der Waals surface area contributed by atoms with Gasteiger partial charge in [0.25, 0.3) is 10.0 Å². The van der Waals surface area contributed by atoms with E-state index in [0.29, 0.717) is 21.8 Å². The number of hydrogen-bond donors (Lipinski definition) is 2. The van der Waals surface area contributed by atoms with Crippen LogP contribution in [0.25, 0.3) is 0 Å². The Hall–Kier alpha value is -3.36. The molecule has 3 aromatic rings. The van der Waals surface area contributed by atoms with Crippen LogP contribution in [0.3, 0.4) is 0 Å². The predicted molar refractivity (Wildman–Crippen MR) is 127 cm³/mol. The highest BCUT2D eigenvalue weighted by molar-refractivity contribution is 7.92. The van der Waals surface area contributed by atoms with E-state index in [4.69, 9.17) is 16.7 Å². The number of carboxylic acids is 1. The van der Waals surface area contributed by atoms with Gasteiger partial charge >= 0.3 is 5.97 Å². The molecule has 0 spiro atoms. The zero-order valence-corrected chi connectivity index (χ0v) is 19.7. The number of carboxylic acid groups (broad SMARTS) is 1. The first-order valence-electron chi connectivity index (χ1n) is 10.0. The lowest BCUT2D eigenvalue weighted by Gasteiger charge is -2.26. The van der Waals surface area contributed by atoms with E-state index in [-0.39, 0.29) is 17.0 Å². The van der Waals surface area contributed by atoms with E-state index in [1.54, 1.807) is 49.4 Å². The van der Waals surface area contributed by atoms with Crippen molar-refractivity contribution in [1.29, 1.82) is 0 Å². The average molecular weight is 487 g/mol. The summed E-state index contributed by atoms with van der Waals surface area (Å²) >= 11 is 6.22. The van der Waals surface area contributed by atoms with Crippen molar-refractivity contribution in [2.75, 3.05) is 10.8 Å². The van der Waals surface area contributed by atoms with Gasteiger partial charge < -0.3 is 10.4 Å². The van der Waals surface area contributed by atoms with E-state index in [0.717, 1.165) is 9.87 Å². The Labute approximate surface area is 197 Å². The molecule has 3 rings (SSSR count). The molecule has 0 aliphatic carbocycles. The summed E-state index contributed by atoms with van der Waals surface area (Å²) in [5, 5.41) is 12.2. The summed E-state index contributed by atoms with van der Waals surface area (Å²) in [6.45, 7) is 3.11. The van der Waals surface area contributed by atoms with Crippen LogP contribution in [0.15, 0.2) is 71.6 Å². The van der Waals surface area contributed by atoms with Crippen molar-refractivity contribution in [2.24, 2.45) is 0 Å². The highest BCUT2D eigenvalue weighted by Crippen LogP contribution is 2.30. The molecule has 0 atom stereocenters. The van der Waals surface area contributed by atoms with Crippen LogP contribution in [0.1, 0.15) is 27.0 Å². The first kappa shape index (κ1) is 24.3. The van der Waals surface area contributed by atoms with Gasteiger partial charge in [-0.2, -0.15) is 0 Å². The zero-order valence-electron chi connectivity index (χ0n) is 18.1. The van der Waals surface area contributed by atoms with Crippen LogP contribution in [0.5, 0.6) is 0 Å². The second-order valence-corrected chi connectivity index (χ2v) is 9.76. The second-order valence-electron chi connectivity index (χ2n) is 7.49. The Morgan fingerprint density at radius 2 is 1.67 bits per heavy atom. The number of nitrogens with zero attached hydrogens (tertiary/aromatic N) is 1. The molecule has 0 bridgehead atoms. The van der Waals surface area contributed by atoms with Gasteiger partial charge in [0.05, 0.1) is 16.1 Å². The normalized spacial score (nSPS) is 11.1. The number of carbonyl (C=O) groups is 2. The molecule has 3 aromatic carbocycles. The maximum absolute atomic E-state index is 13.5. The van der Waals surface area contributed by atoms with Crippen molar-refractivity contribution in [1.82, 2.24) is 5.32 Å². The van der Waals surface area contributed by atoms with Gasteiger partial charge in [-0.15, -0.1) is 0 Å². The van der Waals surface area contributed by atoms with E-state index in [2.05, 4.69) is 5.32 Å². The Bertz CT molecular complexity index is 1290. The summed E-state index contributed by atoms with van der Waals surface area (Å²) in [6.07, 6.45) is 0. The van der Waals surface area contributed by atoms with Gasteiger partial charge in [0.15, 0.2) is 0 Å². The van der Waals surface area contributed by atoms with E-state index >= 15 is 0 Å². The number of sulfonamides is 1. The SMILES string of the molecule is Cc1ccc(S(=O)(=O)N(CC(=O)NCc2cccc(C(=O)O)c2)c2cccc(Cl)c2C)cc1. The molecule has 0 aliphatic rings. The number of nitrogens with one attached hydrogen (secondary N) is 1. The third-order valence-corrected chi connectivity index (χ3v) is 7.25. The predicted octanol–water partition coefficient (Wildman–Crippen LogP) is 4.17. The van der Waals surface area contributed by atoms with Gasteiger partial charge in [-0.3, -0.25) is 9.10 Å². The Kier molecular flexibility index (Phi) is 7.40. The molecule has 0 fully saturated rings. The third kappa shape index (κ3) is 5.71. The van der Waals surface area contributed by atoms with Crippen LogP contribution in [0, 0.1) is 13.8 Å². The Morgan fingerprint density at radius 3 is 2.33 bits per heavy atom. The standard InChI is InChI=1S/C24H23ClN2O5S/c1-16-9-11-20(12-10-16)33(31,32)27(22-8-4-7-21(25)17(22)2)15-23(28)26-14-18-5-3-6-19(13-18)24(29)30/h3-13H,14-15H2,1-2H3,(H,26,28)(H,29,30). The number of amides is 1. The number of benzene rings is 3. The van der Waals surface area contributed by atoms with E-state index in [1.807, 2.05) is 6.92 Å². The number of anilines is 1. The maximum atomic E-state index is 13.5. The fourth-order valence-electron chi connectivity index (χ4n) is 3.20. The van der Waals surface area contributed by atoms with E-state index in [1.165, 1.54) is 24.3 Å². The second kappa shape index (κ2) is 10.1. The smallest absolute Gasteiger partial charge is 0.335 e. The average Bonchev–Trinajstić information content (AvgIpc) is 2.78. The van der Waals surface area contributed by atoms with E-state index < -0.39 is 28.4 Å². The van der Waals surface area contributed by atoms with Crippen molar-refractivity contribution in [3.63, 3.8) is 0 Å². The molecule has 0 unspecified atom stereocenters. The number of hydrogen-bond acceptors (Lipinski definition) is 4. The highest BCUT2D eigenvalue weighted by atomic mass is 35.5. The number of halogens is 1. The molecular weight excluding hydrogens is 464 g/mol. The van der Waals surface area contributed by atoms with Crippen LogP contribution < -0.4 is 9.62 Å². The van der Waals surface area contributed by atoms with Crippen LogP contribution in [0.4, 0.5) is 5.69 Å². The lowest BCUT2D eigenvalue weighted by Crippen LogP contribution is -2.41. The summed E-state index contributed by atoms with van der Waals surface area (Å²) in [4.78, 5) is 24.0. The Morgan fingerprint density at radius 1 is 1.00 bits per heavy atom. The molecule has 0 heterocycles. The fourth-order valence-corrected chi connectivity index (χ4v) is 4.85. The molecule has 0 aliphatic heterocycles. The number of carbonyl (C=O) groups excluding carboxylic acids is 1. The minimum atomic E-state index is -4.07. The minimum absolute atomic E-state index is 0.0485. The van der Waals surface area contributed by atoms with Gasteiger partial charge in [-0.05, 0) is 61.4 Å². The molecule has 172 valence electrons. The van der Waals surface area contributed by atoms with Crippen molar-refractivity contribution >= 4 is 39.2 Å². The monoisotopic (exact) mass is 486 g/mol. The van der Waals surface area contributed by atoms with Crippen LogP contribution >= 0.6 is 11.6 Å². The maximum Gasteiger partial charge on any atom is 0.335 e. The molecule has 9 heteroatoms. The fraction of sp³-hybridized carbons (Fsp3) is 0.167. The van der Waals surface area contributed by atoms with Gasteiger partial charge in [0.2, 0.25) is 5.91 Å². The van der Waals surface area contributed by atoms with E-state index in [9.17, 15) is 18.0 Å². The largest absolute Gasteiger partial charge is 0.478 e. The van der Waals surface area contributed by atoms with Gasteiger partial charge in [-0.1, -0.05) is 47.5 Å². The van der Waals surface area contributed by atoms with Crippen molar-refractivity contribution < 1.29 is 23.1 Å². The first-order chi connectivity index (χ1) is 15.6. The summed E-state index contributed by atoms with van der Waals surface area (Å²) in [5.41, 5.74) is 2.40. The molecular formula is C24H23ClN2O5S. The summed E-state index contributed by atoms with van der Waals surface area (Å²) in [7, 11) is -4.07. The molecule has 2 N–H and O–H groups in total. The van der Waals surface area contributed by atoms with Gasteiger partial charge in [-0.25, -0.2) is 13.2 Å². The third-order valence-electron chi connectivity index (χ3n) is 5.07. The molecule has 0 radical (unpaired) electrons. The Balaban J connectivity index is 1.89. The van der Waals surface area contributed by atoms with Gasteiger partial charge in [0.1, 0.15) is 6.54 Å². The first-order valence-corrected chi connectivity index (χ1v) is 11.8. The summed E-state index contributed by atoms with van der Waals surface area (Å²) < 4.78 is 28.0. The summed E-state index contributed by atoms with van der Waals surface area (Å²) in [5.74, 6) is -1.62. The lowest BCUT2D eigenvalue weighted by atomic mass is 10.1. The van der Waals surface area contributed by atoms with Crippen LogP contribution in [0.2, 0.25) is 5.02 Å². The van der Waals surface area contributed by atoms with Crippen LogP contribution in [-0.2, 0) is 21.4 Å². The molecule has 0 saturated carbocycles. The molecule has 1 amide bonds. The molecule has 7 nitrogen and oxygen atoms in total. The summed E-state index contributed by atoms with van der Waals surface area (Å²) in [6, 6.07) is 17.4. The molecule has 0 aromatic heterocycles. The topological polar surface area (TPSA) is 104 Å².